The average molecular weight is 356 g/mol. The number of rotatable bonds is 5. The van der Waals surface area contributed by atoms with E-state index in [1.165, 1.54) is 38.7 Å². The molecule has 0 heterocycles. The molecule has 1 atom stereocenters. The molecule has 0 aliphatic heterocycles. The lowest BCUT2D eigenvalue weighted by Gasteiger charge is -2.24. The van der Waals surface area contributed by atoms with E-state index in [4.69, 9.17) is 4.74 Å². The summed E-state index contributed by atoms with van der Waals surface area (Å²) in [6.45, 7) is 15.9. The summed E-state index contributed by atoms with van der Waals surface area (Å²) in [7, 11) is 4.64. The molecular weight excluding hydrogens is 323 g/mol. The molecule has 136 valence electrons. The molecule has 0 bridgehead atoms. The smallest absolute Gasteiger partial charge is 0.122 e. The summed E-state index contributed by atoms with van der Waals surface area (Å²) in [5, 5.41) is 1.20. The fourth-order valence-corrected chi connectivity index (χ4v) is 3.79. The van der Waals surface area contributed by atoms with E-state index in [0.29, 0.717) is 17.8 Å². The largest absolute Gasteiger partial charge is 0.496 e. The topological polar surface area (TPSA) is 9.23 Å². The predicted octanol–water partition coefficient (Wildman–Crippen LogP) is 6.54. The summed E-state index contributed by atoms with van der Waals surface area (Å²) in [6, 6.07) is 9.25. The Morgan fingerprint density at radius 3 is 1.72 bits per heavy atom. The number of benzene rings is 2. The second-order valence-corrected chi connectivity index (χ2v) is 8.57. The number of methoxy groups -OCH3 is 1. The Morgan fingerprint density at radius 2 is 1.32 bits per heavy atom. The molecule has 0 amide bonds. The van der Waals surface area contributed by atoms with Gasteiger partial charge in [-0.3, -0.25) is 0 Å². The highest BCUT2D eigenvalue weighted by atomic mass is 31.0. The Morgan fingerprint density at radius 1 is 0.800 bits per heavy atom. The van der Waals surface area contributed by atoms with Crippen LogP contribution in [0.1, 0.15) is 81.5 Å². The summed E-state index contributed by atoms with van der Waals surface area (Å²) < 4.78 is 5.51. The van der Waals surface area contributed by atoms with Gasteiger partial charge in [-0.25, -0.2) is 0 Å². The van der Waals surface area contributed by atoms with Gasteiger partial charge in [0.1, 0.15) is 5.75 Å². The van der Waals surface area contributed by atoms with Gasteiger partial charge in [0.25, 0.3) is 0 Å². The minimum atomic E-state index is 0.484. The van der Waals surface area contributed by atoms with Crippen LogP contribution in [0.15, 0.2) is 24.3 Å². The fraction of sp³-hybridized carbons (Fsp3) is 0.478. The maximum Gasteiger partial charge on any atom is 0.122 e. The lowest BCUT2D eigenvalue weighted by atomic mass is 9.81. The molecular formula is C23H33OP. The first-order valence-electron chi connectivity index (χ1n) is 9.29. The summed E-state index contributed by atoms with van der Waals surface area (Å²) in [5.41, 5.74) is 8.23. The Labute approximate surface area is 156 Å². The quantitative estimate of drug-likeness (QED) is 0.553. The summed E-state index contributed by atoms with van der Waals surface area (Å²) >= 11 is 0. The molecule has 0 saturated carbocycles. The third-order valence-electron chi connectivity index (χ3n) is 4.97. The minimum Gasteiger partial charge on any atom is -0.496 e. The molecule has 0 saturated heterocycles. The molecule has 0 aliphatic rings. The van der Waals surface area contributed by atoms with Crippen molar-refractivity contribution < 1.29 is 4.74 Å². The van der Waals surface area contributed by atoms with E-state index in [1.807, 2.05) is 0 Å². The number of hydrogen-bond acceptors (Lipinski definition) is 1. The Balaban J connectivity index is 2.86. The van der Waals surface area contributed by atoms with Gasteiger partial charge in [0.05, 0.1) is 7.11 Å². The highest BCUT2D eigenvalue weighted by molar-refractivity contribution is 7.28. The molecule has 0 aliphatic carbocycles. The van der Waals surface area contributed by atoms with Crippen molar-refractivity contribution in [3.05, 3.63) is 46.5 Å². The fourth-order valence-electron chi connectivity index (χ4n) is 3.41. The van der Waals surface area contributed by atoms with Gasteiger partial charge < -0.3 is 4.74 Å². The summed E-state index contributed by atoms with van der Waals surface area (Å²) in [5.74, 6) is 2.46. The average Bonchev–Trinajstić information content (AvgIpc) is 2.55. The molecule has 0 fully saturated rings. The van der Waals surface area contributed by atoms with Crippen LogP contribution >= 0.6 is 9.24 Å². The molecule has 2 aromatic rings. The molecule has 2 rings (SSSR count). The van der Waals surface area contributed by atoms with E-state index in [-0.39, 0.29) is 0 Å². The number of aryl methyl sites for hydroxylation is 1. The molecule has 0 radical (unpaired) electrons. The second-order valence-electron chi connectivity index (χ2n) is 7.95. The third kappa shape index (κ3) is 4.09. The number of hydrogen-bond donors (Lipinski definition) is 0. The first-order valence-corrected chi connectivity index (χ1v) is 9.87. The zero-order valence-corrected chi connectivity index (χ0v) is 18.2. The van der Waals surface area contributed by atoms with Gasteiger partial charge in [-0.05, 0) is 75.5 Å². The molecule has 25 heavy (non-hydrogen) atoms. The lowest BCUT2D eigenvalue weighted by molar-refractivity contribution is 0.412. The van der Waals surface area contributed by atoms with Crippen molar-refractivity contribution >= 4 is 14.5 Å². The van der Waals surface area contributed by atoms with E-state index in [1.54, 1.807) is 7.11 Å². The standard InChI is InChI=1S/C23H33OP/c1-13(2)17-10-18(14(3)4)23(19(11-17)15(5)6)20-9-16(7)21(24-8)12-22(20)25/h9-15H,25H2,1-8H3. The van der Waals surface area contributed by atoms with Crippen LogP contribution in [0, 0.1) is 6.92 Å². The minimum absolute atomic E-state index is 0.484. The van der Waals surface area contributed by atoms with Crippen LogP contribution in [0.4, 0.5) is 0 Å². The van der Waals surface area contributed by atoms with Crippen molar-refractivity contribution in [3.63, 3.8) is 0 Å². The molecule has 1 nitrogen and oxygen atoms in total. The van der Waals surface area contributed by atoms with Crippen molar-refractivity contribution in [2.75, 3.05) is 7.11 Å². The summed E-state index contributed by atoms with van der Waals surface area (Å²) in [6.07, 6.45) is 0. The van der Waals surface area contributed by atoms with Crippen LogP contribution in [0.5, 0.6) is 5.75 Å². The van der Waals surface area contributed by atoms with Crippen LogP contribution < -0.4 is 10.0 Å². The highest BCUT2D eigenvalue weighted by Crippen LogP contribution is 2.39. The van der Waals surface area contributed by atoms with Gasteiger partial charge in [-0.2, -0.15) is 0 Å². The SMILES string of the molecule is COc1cc(P)c(-c2c(C(C)C)cc(C(C)C)cc2C(C)C)cc1C. The third-order valence-corrected chi connectivity index (χ3v) is 5.45. The van der Waals surface area contributed by atoms with Crippen molar-refractivity contribution in [2.45, 2.75) is 66.2 Å². The monoisotopic (exact) mass is 356 g/mol. The predicted molar refractivity (Wildman–Crippen MR) is 115 cm³/mol. The molecule has 2 aromatic carbocycles. The van der Waals surface area contributed by atoms with Crippen LogP contribution in [0.25, 0.3) is 11.1 Å². The maximum atomic E-state index is 5.51. The van der Waals surface area contributed by atoms with E-state index in [2.05, 4.69) is 82.0 Å². The van der Waals surface area contributed by atoms with E-state index >= 15 is 0 Å². The molecule has 0 spiro atoms. The van der Waals surface area contributed by atoms with Gasteiger partial charge in [-0.1, -0.05) is 53.7 Å². The second kappa shape index (κ2) is 7.92. The van der Waals surface area contributed by atoms with Gasteiger partial charge in [-0.15, -0.1) is 9.24 Å². The Kier molecular flexibility index (Phi) is 6.33. The summed E-state index contributed by atoms with van der Waals surface area (Å²) in [4.78, 5) is 0. The zero-order chi connectivity index (χ0) is 18.9. The van der Waals surface area contributed by atoms with Gasteiger partial charge >= 0.3 is 0 Å². The molecule has 2 heteroatoms. The Hall–Kier alpha value is -1.33. The highest BCUT2D eigenvalue weighted by Gasteiger charge is 2.20. The van der Waals surface area contributed by atoms with Crippen LogP contribution in [-0.2, 0) is 0 Å². The molecule has 0 aromatic heterocycles. The number of ether oxygens (including phenoxy) is 1. The van der Waals surface area contributed by atoms with E-state index in [9.17, 15) is 0 Å². The van der Waals surface area contributed by atoms with Crippen LogP contribution in [0.3, 0.4) is 0 Å². The zero-order valence-electron chi connectivity index (χ0n) is 17.0. The van der Waals surface area contributed by atoms with Gasteiger partial charge in [0, 0.05) is 0 Å². The van der Waals surface area contributed by atoms with E-state index in [0.717, 1.165) is 5.75 Å². The van der Waals surface area contributed by atoms with E-state index < -0.39 is 0 Å². The lowest BCUT2D eigenvalue weighted by Crippen LogP contribution is -2.08. The van der Waals surface area contributed by atoms with Crippen LogP contribution in [-0.4, -0.2) is 7.11 Å². The normalized spacial score (nSPS) is 11.7. The van der Waals surface area contributed by atoms with Crippen molar-refractivity contribution in [1.29, 1.82) is 0 Å². The van der Waals surface area contributed by atoms with Gasteiger partial charge in [0.15, 0.2) is 0 Å². The van der Waals surface area contributed by atoms with Crippen molar-refractivity contribution in [3.8, 4) is 16.9 Å². The van der Waals surface area contributed by atoms with Crippen molar-refractivity contribution in [2.24, 2.45) is 0 Å². The van der Waals surface area contributed by atoms with Crippen molar-refractivity contribution in [1.82, 2.24) is 0 Å². The first kappa shape index (κ1) is 20.0. The van der Waals surface area contributed by atoms with Gasteiger partial charge in [0.2, 0.25) is 0 Å². The maximum absolute atomic E-state index is 5.51. The molecule has 0 N–H and O–H groups in total. The molecule has 1 unspecified atom stereocenters. The van der Waals surface area contributed by atoms with Crippen LogP contribution in [0.2, 0.25) is 0 Å². The Bertz CT molecular complexity index is 728. The first-order chi connectivity index (χ1) is 11.7.